The van der Waals surface area contributed by atoms with E-state index in [0.29, 0.717) is 11.3 Å². The number of nitrogens with zero attached hydrogens (tertiary/aromatic N) is 1. The van der Waals surface area contributed by atoms with Crippen molar-refractivity contribution < 1.29 is 32.7 Å². The molecule has 0 unspecified atom stereocenters. The van der Waals surface area contributed by atoms with E-state index >= 15 is 0 Å². The molecule has 0 aliphatic carbocycles. The molecular weight excluding hydrogens is 487 g/mol. The van der Waals surface area contributed by atoms with Crippen molar-refractivity contribution in [2.75, 3.05) is 10.2 Å². The number of hydrogen-bond acceptors (Lipinski definition) is 5. The molecule has 7 nitrogen and oxygen atoms in total. The molecule has 10 heteroatoms. The monoisotopic (exact) mass is 507 g/mol. The zero-order valence-electron chi connectivity index (χ0n) is 19.1. The van der Waals surface area contributed by atoms with Gasteiger partial charge in [-0.1, -0.05) is 36.4 Å². The number of hydrogen-bond donors (Lipinski definition) is 3. The smallest absolute Gasteiger partial charge is 0.416 e. The number of anilines is 2. The van der Waals surface area contributed by atoms with Crippen LogP contribution in [0.1, 0.15) is 16.7 Å². The average molecular weight is 507 g/mol. The van der Waals surface area contributed by atoms with Gasteiger partial charge < -0.3 is 10.4 Å². The largest absolute Gasteiger partial charge is 0.508 e. The topological polar surface area (TPSA) is 98.7 Å². The molecular formula is C27H20F3N3O4. The predicted octanol–water partition coefficient (Wildman–Crippen LogP) is 3.58. The Labute approximate surface area is 208 Å². The van der Waals surface area contributed by atoms with Gasteiger partial charge in [0.2, 0.25) is 17.7 Å². The fourth-order valence-electron chi connectivity index (χ4n) is 5.89. The highest BCUT2D eigenvalue weighted by Crippen LogP contribution is 2.54. The van der Waals surface area contributed by atoms with Gasteiger partial charge in [-0.25, -0.2) is 4.90 Å². The fraction of sp³-hybridized carbons (Fsp3) is 0.222. The number of phenols is 1. The minimum absolute atomic E-state index is 0.0596. The number of para-hydroxylation sites is 1. The van der Waals surface area contributed by atoms with Crippen LogP contribution in [0.3, 0.4) is 0 Å². The van der Waals surface area contributed by atoms with Crippen LogP contribution in [0, 0.1) is 11.8 Å². The molecule has 3 aromatic rings. The molecule has 6 rings (SSSR count). The summed E-state index contributed by atoms with van der Waals surface area (Å²) in [4.78, 5) is 41.9. The number of aromatic hydroxyl groups is 1. The highest BCUT2D eigenvalue weighted by atomic mass is 19.4. The predicted molar refractivity (Wildman–Crippen MR) is 126 cm³/mol. The summed E-state index contributed by atoms with van der Waals surface area (Å²) >= 11 is 0. The number of carbonyl (C=O) groups is 3. The summed E-state index contributed by atoms with van der Waals surface area (Å²) in [6.45, 7) is 0. The van der Waals surface area contributed by atoms with Gasteiger partial charge in [-0.2, -0.15) is 13.2 Å². The van der Waals surface area contributed by atoms with Crippen molar-refractivity contribution in [1.82, 2.24) is 5.32 Å². The molecule has 0 saturated carbocycles. The third kappa shape index (κ3) is 3.36. The maximum Gasteiger partial charge on any atom is 0.416 e. The Hall–Kier alpha value is -4.18. The number of imide groups is 1. The van der Waals surface area contributed by atoms with Gasteiger partial charge in [0.25, 0.3) is 0 Å². The molecule has 3 aliphatic rings. The third-order valence-corrected chi connectivity index (χ3v) is 7.45. The van der Waals surface area contributed by atoms with Crippen LogP contribution in [0.4, 0.5) is 24.5 Å². The van der Waals surface area contributed by atoms with Crippen LogP contribution in [0.5, 0.6) is 5.75 Å². The number of phenolic OH excluding ortho intramolecular Hbond substituents is 1. The minimum atomic E-state index is -4.66. The van der Waals surface area contributed by atoms with Gasteiger partial charge in [-0.15, -0.1) is 0 Å². The minimum Gasteiger partial charge on any atom is -0.508 e. The Bertz CT molecular complexity index is 1460. The number of fused-ring (bicyclic) bond motifs is 4. The molecule has 0 radical (unpaired) electrons. The lowest BCUT2D eigenvalue weighted by atomic mass is 9.76. The first-order valence-corrected chi connectivity index (χ1v) is 11.6. The van der Waals surface area contributed by atoms with Crippen molar-refractivity contribution in [3.63, 3.8) is 0 Å². The molecule has 37 heavy (non-hydrogen) atoms. The Morgan fingerprint density at radius 1 is 0.919 bits per heavy atom. The summed E-state index contributed by atoms with van der Waals surface area (Å²) in [5, 5.41) is 15.7. The molecule has 3 heterocycles. The lowest BCUT2D eigenvalue weighted by Crippen LogP contribution is -2.53. The Morgan fingerprint density at radius 2 is 1.65 bits per heavy atom. The third-order valence-electron chi connectivity index (χ3n) is 7.45. The number of alkyl halides is 3. The lowest BCUT2D eigenvalue weighted by molar-refractivity contribution is -0.137. The molecule has 3 N–H and O–H groups in total. The van der Waals surface area contributed by atoms with Gasteiger partial charge in [0.15, 0.2) is 0 Å². The van der Waals surface area contributed by atoms with Crippen LogP contribution in [-0.4, -0.2) is 28.9 Å². The van der Waals surface area contributed by atoms with Gasteiger partial charge in [0.05, 0.1) is 23.1 Å². The second kappa shape index (κ2) is 7.91. The zero-order valence-corrected chi connectivity index (χ0v) is 19.1. The standard InChI is InChI=1S/C27H20F3N3O4/c28-27(29,30)15-4-3-5-16(13-15)33-23(35)21-20(12-14-8-10-17(34)11-9-14)32-26(22(21)24(33)36)18-6-1-2-7-19(18)31-25(26)37/h1-11,13,20-22,32,34H,12H2,(H,31,37)/t20-,21+,22-,26-/m0/s1. The molecule has 2 fully saturated rings. The quantitative estimate of drug-likeness (QED) is 0.471. The van der Waals surface area contributed by atoms with E-state index < -0.39 is 52.9 Å². The van der Waals surface area contributed by atoms with E-state index in [-0.39, 0.29) is 17.9 Å². The normalized spacial score (nSPS) is 26.5. The summed E-state index contributed by atoms with van der Waals surface area (Å²) in [6, 6.07) is 16.6. The van der Waals surface area contributed by atoms with Crippen LogP contribution < -0.4 is 15.5 Å². The molecule has 2 saturated heterocycles. The van der Waals surface area contributed by atoms with Crippen molar-refractivity contribution in [2.45, 2.75) is 24.2 Å². The number of carbonyl (C=O) groups excluding carboxylic acids is 3. The van der Waals surface area contributed by atoms with E-state index in [9.17, 15) is 32.7 Å². The first kappa shape index (κ1) is 23.2. The Kier molecular flexibility index (Phi) is 4.97. The Balaban J connectivity index is 1.48. The SMILES string of the molecule is O=C1[C@@H]2[C@H](Cc3ccc(O)cc3)N[C@]3(C(=O)Nc4ccccc43)[C@@H]2C(=O)N1c1cccc(C(F)(F)F)c1. The molecule has 0 aromatic heterocycles. The van der Waals surface area contributed by atoms with E-state index in [2.05, 4.69) is 10.6 Å². The molecule has 4 atom stereocenters. The van der Waals surface area contributed by atoms with Crippen LogP contribution >= 0.6 is 0 Å². The summed E-state index contributed by atoms with van der Waals surface area (Å²) < 4.78 is 40.2. The number of amides is 3. The highest BCUT2D eigenvalue weighted by Gasteiger charge is 2.70. The van der Waals surface area contributed by atoms with Crippen LogP contribution in [-0.2, 0) is 32.5 Å². The molecule has 188 valence electrons. The summed E-state index contributed by atoms with van der Waals surface area (Å²) in [5.41, 5.74) is -0.983. The summed E-state index contributed by atoms with van der Waals surface area (Å²) in [7, 11) is 0. The zero-order chi connectivity index (χ0) is 26.1. The van der Waals surface area contributed by atoms with Gasteiger partial charge >= 0.3 is 6.18 Å². The second-order valence-electron chi connectivity index (χ2n) is 9.49. The molecule has 3 aromatic carbocycles. The van der Waals surface area contributed by atoms with Crippen LogP contribution in [0.2, 0.25) is 0 Å². The van der Waals surface area contributed by atoms with Crippen LogP contribution in [0.25, 0.3) is 0 Å². The number of benzene rings is 3. The highest BCUT2D eigenvalue weighted by molar-refractivity contribution is 6.25. The van der Waals surface area contributed by atoms with Crippen LogP contribution in [0.15, 0.2) is 72.8 Å². The van der Waals surface area contributed by atoms with E-state index in [1.165, 1.54) is 18.2 Å². The maximum absolute atomic E-state index is 13.9. The number of nitrogens with one attached hydrogen (secondary N) is 2. The van der Waals surface area contributed by atoms with E-state index in [1.54, 1.807) is 36.4 Å². The summed E-state index contributed by atoms with van der Waals surface area (Å²) in [5.74, 6) is -4.01. The van der Waals surface area contributed by atoms with Gasteiger partial charge in [-0.3, -0.25) is 19.7 Å². The van der Waals surface area contributed by atoms with E-state index in [0.717, 1.165) is 28.7 Å². The number of rotatable bonds is 3. The van der Waals surface area contributed by atoms with Crippen molar-refractivity contribution >= 4 is 29.1 Å². The molecule has 0 bridgehead atoms. The van der Waals surface area contributed by atoms with Gasteiger partial charge in [-0.05, 0) is 48.4 Å². The van der Waals surface area contributed by atoms with Gasteiger partial charge in [0.1, 0.15) is 11.3 Å². The first-order valence-electron chi connectivity index (χ1n) is 11.6. The van der Waals surface area contributed by atoms with Crippen molar-refractivity contribution in [3.05, 3.63) is 89.5 Å². The van der Waals surface area contributed by atoms with E-state index in [1.807, 2.05) is 0 Å². The molecule has 1 spiro atoms. The second-order valence-corrected chi connectivity index (χ2v) is 9.49. The maximum atomic E-state index is 13.9. The molecule has 3 amide bonds. The summed E-state index contributed by atoms with van der Waals surface area (Å²) in [6.07, 6.45) is -4.42. The molecule has 3 aliphatic heterocycles. The Morgan fingerprint density at radius 3 is 2.38 bits per heavy atom. The first-order chi connectivity index (χ1) is 17.6. The van der Waals surface area contributed by atoms with Gasteiger partial charge in [0, 0.05) is 17.3 Å². The number of halogens is 3. The van der Waals surface area contributed by atoms with Crippen molar-refractivity contribution in [1.29, 1.82) is 0 Å². The lowest BCUT2D eigenvalue weighted by Gasteiger charge is -2.29. The van der Waals surface area contributed by atoms with E-state index in [4.69, 9.17) is 0 Å². The average Bonchev–Trinajstić information content (AvgIpc) is 3.44. The van der Waals surface area contributed by atoms with Crippen molar-refractivity contribution in [3.8, 4) is 5.75 Å². The van der Waals surface area contributed by atoms with Crippen molar-refractivity contribution in [2.24, 2.45) is 11.8 Å². The fourth-order valence-corrected chi connectivity index (χ4v) is 5.89.